The summed E-state index contributed by atoms with van der Waals surface area (Å²) in [5.41, 5.74) is -0.783. The van der Waals surface area contributed by atoms with Crippen LogP contribution < -0.4 is 5.32 Å². The fourth-order valence-corrected chi connectivity index (χ4v) is 2.56. The van der Waals surface area contributed by atoms with Crippen molar-refractivity contribution in [3.63, 3.8) is 0 Å². The zero-order valence-corrected chi connectivity index (χ0v) is 13.1. The predicted octanol–water partition coefficient (Wildman–Crippen LogP) is 0.554. The second kappa shape index (κ2) is 7.04. The second-order valence-corrected chi connectivity index (χ2v) is 5.23. The molecule has 0 radical (unpaired) electrons. The maximum Gasteiger partial charge on any atom is 0.249 e. The maximum atomic E-state index is 12.7. The highest BCUT2D eigenvalue weighted by atomic mass is 16.5. The van der Waals surface area contributed by atoms with E-state index < -0.39 is 11.6 Å². The van der Waals surface area contributed by atoms with E-state index in [4.69, 9.17) is 9.47 Å². The van der Waals surface area contributed by atoms with Gasteiger partial charge in [0.1, 0.15) is 11.6 Å². The van der Waals surface area contributed by atoms with Gasteiger partial charge in [-0.25, -0.2) is 0 Å². The SMILES string of the molecule is CCC1(CC)NC(=O)C(C)N(CC(COC)OC)C1=O. The van der Waals surface area contributed by atoms with Crippen LogP contribution in [0.1, 0.15) is 33.6 Å². The van der Waals surface area contributed by atoms with E-state index in [0.29, 0.717) is 26.0 Å². The highest BCUT2D eigenvalue weighted by Gasteiger charge is 2.47. The summed E-state index contributed by atoms with van der Waals surface area (Å²) >= 11 is 0. The van der Waals surface area contributed by atoms with Crippen molar-refractivity contribution in [2.24, 2.45) is 0 Å². The zero-order valence-electron chi connectivity index (χ0n) is 13.1. The molecule has 0 spiro atoms. The number of nitrogens with zero attached hydrogens (tertiary/aromatic N) is 1. The third kappa shape index (κ3) is 3.12. The van der Waals surface area contributed by atoms with E-state index >= 15 is 0 Å². The van der Waals surface area contributed by atoms with Gasteiger partial charge >= 0.3 is 0 Å². The summed E-state index contributed by atoms with van der Waals surface area (Å²) in [6, 6.07) is -0.483. The second-order valence-electron chi connectivity index (χ2n) is 5.23. The molecule has 1 heterocycles. The number of hydrogen-bond donors (Lipinski definition) is 1. The van der Waals surface area contributed by atoms with Gasteiger partial charge in [0.2, 0.25) is 11.8 Å². The van der Waals surface area contributed by atoms with E-state index in [-0.39, 0.29) is 17.9 Å². The van der Waals surface area contributed by atoms with Gasteiger partial charge in [-0.1, -0.05) is 13.8 Å². The largest absolute Gasteiger partial charge is 0.382 e. The number of hydrogen-bond acceptors (Lipinski definition) is 4. The summed E-state index contributed by atoms with van der Waals surface area (Å²) in [6.07, 6.45) is 0.932. The number of ether oxygens (including phenoxy) is 2. The van der Waals surface area contributed by atoms with E-state index in [2.05, 4.69) is 5.32 Å². The standard InChI is InChI=1S/C14H26N2O4/c1-6-14(7-2)13(18)16(10(3)12(17)15-14)8-11(20-5)9-19-4/h10-11H,6-9H2,1-5H3,(H,15,17). The van der Waals surface area contributed by atoms with Gasteiger partial charge in [-0.2, -0.15) is 0 Å². The Labute approximate surface area is 120 Å². The molecule has 20 heavy (non-hydrogen) atoms. The molecular weight excluding hydrogens is 260 g/mol. The average molecular weight is 286 g/mol. The lowest BCUT2D eigenvalue weighted by Gasteiger charge is -2.45. The van der Waals surface area contributed by atoms with Crippen LogP contribution in [0, 0.1) is 0 Å². The van der Waals surface area contributed by atoms with Crippen LogP contribution in [0.4, 0.5) is 0 Å². The van der Waals surface area contributed by atoms with Gasteiger partial charge in [0.25, 0.3) is 0 Å². The third-order valence-corrected chi connectivity index (χ3v) is 4.17. The molecule has 0 aromatic carbocycles. The Bertz CT molecular complexity index is 355. The first-order chi connectivity index (χ1) is 9.45. The molecule has 1 fully saturated rings. The van der Waals surface area contributed by atoms with Gasteiger partial charge in [0, 0.05) is 14.2 Å². The van der Waals surface area contributed by atoms with Crippen molar-refractivity contribution in [1.82, 2.24) is 10.2 Å². The van der Waals surface area contributed by atoms with Crippen molar-refractivity contribution in [2.45, 2.75) is 51.3 Å². The average Bonchev–Trinajstić information content (AvgIpc) is 2.46. The summed E-state index contributed by atoms with van der Waals surface area (Å²) in [6.45, 7) is 6.32. The summed E-state index contributed by atoms with van der Waals surface area (Å²) in [4.78, 5) is 26.5. The van der Waals surface area contributed by atoms with Gasteiger partial charge < -0.3 is 19.7 Å². The zero-order chi connectivity index (χ0) is 15.3. The van der Waals surface area contributed by atoms with E-state index in [1.165, 1.54) is 0 Å². The molecule has 0 bridgehead atoms. The molecule has 6 nitrogen and oxygen atoms in total. The topological polar surface area (TPSA) is 67.9 Å². The lowest BCUT2D eigenvalue weighted by molar-refractivity contribution is -0.157. The normalized spacial score (nSPS) is 23.6. The molecule has 2 amide bonds. The first-order valence-electron chi connectivity index (χ1n) is 7.10. The van der Waals surface area contributed by atoms with Gasteiger partial charge in [0.15, 0.2) is 0 Å². The molecule has 1 rings (SSSR count). The van der Waals surface area contributed by atoms with Gasteiger partial charge in [-0.05, 0) is 19.8 Å². The highest BCUT2D eigenvalue weighted by Crippen LogP contribution is 2.25. The van der Waals surface area contributed by atoms with Gasteiger partial charge in [-0.3, -0.25) is 9.59 Å². The molecule has 2 atom stereocenters. The Morgan fingerprint density at radius 1 is 1.30 bits per heavy atom. The first kappa shape index (κ1) is 16.9. The number of rotatable bonds is 7. The molecule has 0 aromatic heterocycles. The van der Waals surface area contributed by atoms with E-state index in [9.17, 15) is 9.59 Å². The Balaban J connectivity index is 2.96. The van der Waals surface area contributed by atoms with Crippen LogP contribution in [0.2, 0.25) is 0 Å². The summed E-state index contributed by atoms with van der Waals surface area (Å²) in [5.74, 6) is -0.145. The first-order valence-corrected chi connectivity index (χ1v) is 7.10. The molecule has 2 unspecified atom stereocenters. The van der Waals surface area contributed by atoms with Crippen LogP contribution in [0.3, 0.4) is 0 Å². The molecule has 0 aromatic rings. The van der Waals surface area contributed by atoms with Crippen molar-refractivity contribution in [3.05, 3.63) is 0 Å². The minimum Gasteiger partial charge on any atom is -0.382 e. The molecule has 0 saturated carbocycles. The molecule has 1 N–H and O–H groups in total. The minimum atomic E-state index is -0.783. The lowest BCUT2D eigenvalue weighted by Crippen LogP contribution is -2.70. The van der Waals surface area contributed by atoms with Crippen molar-refractivity contribution in [2.75, 3.05) is 27.4 Å². The van der Waals surface area contributed by atoms with Crippen molar-refractivity contribution < 1.29 is 19.1 Å². The number of methoxy groups -OCH3 is 2. The molecule has 6 heteroatoms. The molecular formula is C14H26N2O4. The van der Waals surface area contributed by atoms with Crippen LogP contribution in [-0.4, -0.2) is 61.8 Å². The smallest absolute Gasteiger partial charge is 0.249 e. The summed E-state index contributed by atoms with van der Waals surface area (Å²) in [7, 11) is 3.16. The van der Waals surface area contributed by atoms with Crippen LogP contribution in [-0.2, 0) is 19.1 Å². The fourth-order valence-electron chi connectivity index (χ4n) is 2.56. The van der Waals surface area contributed by atoms with E-state index in [1.54, 1.807) is 26.0 Å². The molecule has 1 aliphatic heterocycles. The Morgan fingerprint density at radius 2 is 1.90 bits per heavy atom. The van der Waals surface area contributed by atoms with Crippen molar-refractivity contribution in [3.8, 4) is 0 Å². The molecule has 0 aliphatic carbocycles. The van der Waals surface area contributed by atoms with Crippen molar-refractivity contribution >= 4 is 11.8 Å². The minimum absolute atomic E-state index is 0.0345. The van der Waals surface area contributed by atoms with Crippen LogP contribution in [0.5, 0.6) is 0 Å². The summed E-state index contributed by atoms with van der Waals surface area (Å²) in [5, 5.41) is 2.88. The molecule has 1 saturated heterocycles. The molecule has 1 aliphatic rings. The van der Waals surface area contributed by atoms with Crippen molar-refractivity contribution in [1.29, 1.82) is 0 Å². The number of amides is 2. The van der Waals surface area contributed by atoms with Crippen LogP contribution in [0.15, 0.2) is 0 Å². The Kier molecular flexibility index (Phi) is 5.95. The van der Waals surface area contributed by atoms with Crippen LogP contribution >= 0.6 is 0 Å². The highest BCUT2D eigenvalue weighted by molar-refractivity contribution is 5.99. The van der Waals surface area contributed by atoms with E-state index in [0.717, 1.165) is 0 Å². The van der Waals surface area contributed by atoms with Crippen LogP contribution in [0.25, 0.3) is 0 Å². The number of carbonyl (C=O) groups is 2. The third-order valence-electron chi connectivity index (χ3n) is 4.17. The maximum absolute atomic E-state index is 12.7. The molecule has 116 valence electrons. The number of piperazine rings is 1. The summed E-state index contributed by atoms with van der Waals surface area (Å²) < 4.78 is 10.4. The Hall–Kier alpha value is -1.14. The van der Waals surface area contributed by atoms with Gasteiger partial charge in [0.05, 0.1) is 19.3 Å². The van der Waals surface area contributed by atoms with Gasteiger partial charge in [-0.15, -0.1) is 0 Å². The van der Waals surface area contributed by atoms with E-state index in [1.807, 2.05) is 13.8 Å². The Morgan fingerprint density at radius 3 is 2.35 bits per heavy atom. The predicted molar refractivity (Wildman–Crippen MR) is 75.3 cm³/mol. The fraction of sp³-hybridized carbons (Fsp3) is 0.857. The number of carbonyl (C=O) groups excluding carboxylic acids is 2. The quantitative estimate of drug-likeness (QED) is 0.742. The monoisotopic (exact) mass is 286 g/mol. The number of nitrogens with one attached hydrogen (secondary N) is 1. The lowest BCUT2D eigenvalue weighted by atomic mass is 9.87.